The van der Waals surface area contributed by atoms with Gasteiger partial charge in [-0.15, -0.1) is 0 Å². The number of rotatable bonds is 6. The number of nitrogens with one attached hydrogen (secondary N) is 2. The molecule has 0 saturated carbocycles. The molecule has 38 heavy (non-hydrogen) atoms. The third kappa shape index (κ3) is 5.83. The van der Waals surface area contributed by atoms with Crippen molar-refractivity contribution in [2.75, 3.05) is 29.9 Å². The van der Waals surface area contributed by atoms with Gasteiger partial charge in [-0.3, -0.25) is 9.59 Å². The highest BCUT2D eigenvalue weighted by atomic mass is 19.4. The van der Waals surface area contributed by atoms with Crippen molar-refractivity contribution in [1.29, 1.82) is 0 Å². The molecule has 3 aromatic carbocycles. The Balaban J connectivity index is 1.40. The van der Waals surface area contributed by atoms with E-state index in [1.165, 1.54) is 23.3 Å². The molecule has 2 heterocycles. The molecule has 1 atom stereocenters. The van der Waals surface area contributed by atoms with Crippen LogP contribution in [0.3, 0.4) is 0 Å². The van der Waals surface area contributed by atoms with Gasteiger partial charge in [0.15, 0.2) is 0 Å². The van der Waals surface area contributed by atoms with Crippen LogP contribution in [0.15, 0.2) is 66.7 Å². The molecule has 2 aliphatic rings. The highest BCUT2D eigenvalue weighted by Crippen LogP contribution is 2.31. The molecular weight excluding hydrogens is 495 g/mol. The van der Waals surface area contributed by atoms with Crippen LogP contribution in [0.1, 0.15) is 50.2 Å². The minimum absolute atomic E-state index is 0.0342. The lowest BCUT2D eigenvalue weighted by atomic mass is 9.98. The van der Waals surface area contributed by atoms with E-state index in [-0.39, 0.29) is 17.6 Å². The number of benzene rings is 3. The van der Waals surface area contributed by atoms with Crippen molar-refractivity contribution >= 4 is 23.2 Å². The number of carbonyl (C=O) groups excluding carboxylic acids is 2. The van der Waals surface area contributed by atoms with Crippen molar-refractivity contribution in [1.82, 2.24) is 5.32 Å². The Bertz CT molecular complexity index is 1340. The highest BCUT2D eigenvalue weighted by Gasteiger charge is 2.31. The summed E-state index contributed by atoms with van der Waals surface area (Å²) >= 11 is 0. The van der Waals surface area contributed by atoms with E-state index < -0.39 is 17.6 Å². The molecule has 198 valence electrons. The standard InChI is InChI=1S/C29H28F3N3O3/c30-29(31,32)22-8-3-7-20(15-22)27(36)34-23-10-11-26(35-13-12-19-5-1-2-6-21(19)18-35)25(16-23)28(37)33-17-24-9-4-14-38-24/h1-3,5-8,10-11,15-16,24H,4,9,12-14,17-18H2,(H,33,37)(H,34,36). The van der Waals surface area contributed by atoms with Gasteiger partial charge < -0.3 is 20.3 Å². The maximum absolute atomic E-state index is 13.3. The maximum atomic E-state index is 13.3. The summed E-state index contributed by atoms with van der Waals surface area (Å²) in [7, 11) is 0. The highest BCUT2D eigenvalue weighted by molar-refractivity contribution is 6.06. The topological polar surface area (TPSA) is 70.7 Å². The quantitative estimate of drug-likeness (QED) is 0.452. The minimum Gasteiger partial charge on any atom is -0.376 e. The third-order valence-corrected chi connectivity index (χ3v) is 6.94. The van der Waals surface area contributed by atoms with Gasteiger partial charge in [-0.25, -0.2) is 0 Å². The van der Waals surface area contributed by atoms with E-state index in [4.69, 9.17) is 4.74 Å². The Kier molecular flexibility index (Phi) is 7.37. The molecule has 2 amide bonds. The smallest absolute Gasteiger partial charge is 0.376 e. The van der Waals surface area contributed by atoms with Crippen molar-refractivity contribution in [3.8, 4) is 0 Å². The summed E-state index contributed by atoms with van der Waals surface area (Å²) < 4.78 is 44.9. The normalized spacial score (nSPS) is 17.1. The van der Waals surface area contributed by atoms with Crippen molar-refractivity contribution in [3.05, 3.63) is 94.5 Å². The molecule has 1 fully saturated rings. The second-order valence-corrected chi connectivity index (χ2v) is 9.55. The van der Waals surface area contributed by atoms with E-state index in [9.17, 15) is 22.8 Å². The molecule has 3 aromatic rings. The molecule has 2 aliphatic heterocycles. The number of fused-ring (bicyclic) bond motifs is 1. The Morgan fingerprint density at radius 2 is 1.79 bits per heavy atom. The lowest BCUT2D eigenvalue weighted by Crippen LogP contribution is -2.35. The van der Waals surface area contributed by atoms with Crippen LogP contribution in [0.25, 0.3) is 0 Å². The Morgan fingerprint density at radius 1 is 0.974 bits per heavy atom. The first-order valence-electron chi connectivity index (χ1n) is 12.6. The SMILES string of the molecule is O=C(Nc1ccc(N2CCc3ccccc3C2)c(C(=O)NCC2CCCO2)c1)c1cccc(C(F)(F)F)c1. The number of alkyl halides is 3. The van der Waals surface area contributed by atoms with Crippen molar-refractivity contribution < 1.29 is 27.5 Å². The summed E-state index contributed by atoms with van der Waals surface area (Å²) in [6.07, 6.45) is -1.92. The first-order chi connectivity index (χ1) is 18.3. The summed E-state index contributed by atoms with van der Waals surface area (Å²) in [5, 5.41) is 5.59. The fraction of sp³-hybridized carbons (Fsp3) is 0.310. The molecule has 0 spiro atoms. The summed E-state index contributed by atoms with van der Waals surface area (Å²) in [6.45, 7) is 2.41. The molecule has 9 heteroatoms. The Hall–Kier alpha value is -3.85. The van der Waals surface area contributed by atoms with Crippen LogP contribution in [-0.2, 0) is 23.9 Å². The minimum atomic E-state index is -4.56. The van der Waals surface area contributed by atoms with Gasteiger partial charge in [-0.1, -0.05) is 30.3 Å². The molecule has 1 unspecified atom stereocenters. The molecule has 0 aromatic heterocycles. The van der Waals surface area contributed by atoms with Gasteiger partial charge in [0.2, 0.25) is 0 Å². The van der Waals surface area contributed by atoms with E-state index in [0.29, 0.717) is 30.9 Å². The first kappa shape index (κ1) is 25.8. The van der Waals surface area contributed by atoms with Gasteiger partial charge in [0.1, 0.15) is 0 Å². The number of ether oxygens (including phenoxy) is 1. The average Bonchev–Trinajstić information content (AvgIpc) is 3.45. The second-order valence-electron chi connectivity index (χ2n) is 9.55. The number of carbonyl (C=O) groups is 2. The summed E-state index contributed by atoms with van der Waals surface area (Å²) in [5.41, 5.74) is 2.85. The average molecular weight is 524 g/mol. The number of nitrogens with zero attached hydrogens (tertiary/aromatic N) is 1. The third-order valence-electron chi connectivity index (χ3n) is 6.94. The fourth-order valence-electron chi connectivity index (χ4n) is 4.92. The number of anilines is 2. The lowest BCUT2D eigenvalue weighted by Gasteiger charge is -2.32. The van der Waals surface area contributed by atoms with Crippen LogP contribution in [0.5, 0.6) is 0 Å². The molecule has 0 aliphatic carbocycles. The largest absolute Gasteiger partial charge is 0.416 e. The fourth-order valence-corrected chi connectivity index (χ4v) is 4.92. The van der Waals surface area contributed by atoms with Gasteiger partial charge in [-0.05, 0) is 66.8 Å². The predicted molar refractivity (Wildman–Crippen MR) is 138 cm³/mol. The van der Waals surface area contributed by atoms with E-state index in [1.807, 2.05) is 12.1 Å². The molecular formula is C29H28F3N3O3. The number of hydrogen-bond donors (Lipinski definition) is 2. The molecule has 0 bridgehead atoms. The number of amides is 2. The summed E-state index contributed by atoms with van der Waals surface area (Å²) in [5.74, 6) is -0.994. The zero-order chi connectivity index (χ0) is 26.7. The van der Waals surface area contributed by atoms with Crippen molar-refractivity contribution in [3.63, 3.8) is 0 Å². The van der Waals surface area contributed by atoms with Gasteiger partial charge >= 0.3 is 6.18 Å². The Morgan fingerprint density at radius 3 is 2.55 bits per heavy atom. The predicted octanol–water partition coefficient (Wildman–Crippen LogP) is 5.43. The van der Waals surface area contributed by atoms with Crippen LogP contribution >= 0.6 is 0 Å². The second kappa shape index (κ2) is 10.9. The van der Waals surface area contributed by atoms with Crippen LogP contribution in [0, 0.1) is 0 Å². The van der Waals surface area contributed by atoms with Gasteiger partial charge in [0.05, 0.1) is 17.2 Å². The van der Waals surface area contributed by atoms with Crippen LogP contribution in [-0.4, -0.2) is 37.6 Å². The number of hydrogen-bond acceptors (Lipinski definition) is 4. The molecule has 5 rings (SSSR count). The zero-order valence-electron chi connectivity index (χ0n) is 20.7. The van der Waals surface area contributed by atoms with E-state index in [2.05, 4.69) is 27.7 Å². The van der Waals surface area contributed by atoms with Crippen molar-refractivity contribution in [2.45, 2.75) is 38.1 Å². The summed E-state index contributed by atoms with van der Waals surface area (Å²) in [6, 6.07) is 17.4. The van der Waals surface area contributed by atoms with Gasteiger partial charge in [0.25, 0.3) is 11.8 Å². The van der Waals surface area contributed by atoms with E-state index in [0.717, 1.165) is 43.6 Å². The Labute approximate surface area is 218 Å². The van der Waals surface area contributed by atoms with Crippen LogP contribution < -0.4 is 15.5 Å². The van der Waals surface area contributed by atoms with Crippen molar-refractivity contribution in [2.24, 2.45) is 0 Å². The monoisotopic (exact) mass is 523 g/mol. The zero-order valence-corrected chi connectivity index (χ0v) is 20.7. The van der Waals surface area contributed by atoms with E-state index >= 15 is 0 Å². The van der Waals surface area contributed by atoms with Crippen LogP contribution in [0.4, 0.5) is 24.5 Å². The van der Waals surface area contributed by atoms with E-state index in [1.54, 1.807) is 18.2 Å². The molecule has 1 saturated heterocycles. The molecule has 2 N–H and O–H groups in total. The van der Waals surface area contributed by atoms with Gasteiger partial charge in [0, 0.05) is 43.2 Å². The molecule has 6 nitrogen and oxygen atoms in total. The van der Waals surface area contributed by atoms with Gasteiger partial charge in [-0.2, -0.15) is 13.2 Å². The van der Waals surface area contributed by atoms with Crippen LogP contribution in [0.2, 0.25) is 0 Å². The lowest BCUT2D eigenvalue weighted by molar-refractivity contribution is -0.137. The number of halogens is 3. The first-order valence-corrected chi connectivity index (χ1v) is 12.6. The summed E-state index contributed by atoms with van der Waals surface area (Å²) in [4.78, 5) is 28.3. The maximum Gasteiger partial charge on any atom is 0.416 e. The molecule has 0 radical (unpaired) electrons.